The van der Waals surface area contributed by atoms with Crippen molar-refractivity contribution in [1.82, 2.24) is 0 Å². The van der Waals surface area contributed by atoms with E-state index in [9.17, 15) is 0 Å². The molecule has 41 heavy (non-hydrogen) atoms. The van der Waals surface area contributed by atoms with Crippen molar-refractivity contribution in [3.05, 3.63) is 90.5 Å². The molecule has 0 saturated heterocycles. The monoisotopic (exact) mass is 547 g/mol. The summed E-state index contributed by atoms with van der Waals surface area (Å²) in [5, 5.41) is 2.09. The third-order valence-electron chi connectivity index (χ3n) is 7.97. The minimum atomic E-state index is -0.394. The Morgan fingerprint density at radius 1 is 0.561 bits per heavy atom. The summed E-state index contributed by atoms with van der Waals surface area (Å²) in [5.74, 6) is 2.69. The minimum Gasteiger partial charge on any atom is -0.493 e. The zero-order chi connectivity index (χ0) is 28.7. The molecule has 5 aromatic rings. The van der Waals surface area contributed by atoms with Gasteiger partial charge in [0.15, 0.2) is 29.2 Å². The fourth-order valence-electron chi connectivity index (χ4n) is 6.13. The highest BCUT2D eigenvalue weighted by Gasteiger charge is 2.35. The summed E-state index contributed by atoms with van der Waals surface area (Å²) >= 11 is 0. The summed E-state index contributed by atoms with van der Waals surface area (Å²) in [7, 11) is 10.4. The highest BCUT2D eigenvalue weighted by atomic mass is 16.5. The number of ether oxygens (including phenoxy) is 5. The van der Waals surface area contributed by atoms with Crippen LogP contribution in [0.5, 0.6) is 23.0 Å². The Balaban J connectivity index is 1.63. The molecular formula is C35H33NO5. The van der Waals surface area contributed by atoms with Crippen LogP contribution < -0.4 is 23.8 Å². The van der Waals surface area contributed by atoms with E-state index in [4.69, 9.17) is 23.7 Å². The topological polar surface area (TPSA) is 49.4 Å². The third-order valence-corrected chi connectivity index (χ3v) is 7.97. The number of benzene rings is 5. The highest BCUT2D eigenvalue weighted by Crippen LogP contribution is 2.55. The fourth-order valence-corrected chi connectivity index (χ4v) is 6.13. The number of rotatable bonds is 7. The van der Waals surface area contributed by atoms with Crippen LogP contribution in [0.15, 0.2) is 84.9 Å². The van der Waals surface area contributed by atoms with Crippen LogP contribution in [-0.2, 0) is 4.74 Å². The molecular weight excluding hydrogens is 514 g/mol. The molecule has 1 heterocycles. The van der Waals surface area contributed by atoms with Gasteiger partial charge < -0.3 is 28.6 Å². The van der Waals surface area contributed by atoms with Gasteiger partial charge in [0.25, 0.3) is 0 Å². The lowest BCUT2D eigenvalue weighted by atomic mass is 9.86. The molecule has 0 saturated carbocycles. The zero-order valence-corrected chi connectivity index (χ0v) is 24.1. The molecule has 0 bridgehead atoms. The van der Waals surface area contributed by atoms with Crippen LogP contribution >= 0.6 is 0 Å². The van der Waals surface area contributed by atoms with Gasteiger partial charge in [-0.15, -0.1) is 0 Å². The molecule has 6 nitrogen and oxygen atoms in total. The maximum absolute atomic E-state index is 6.08. The van der Waals surface area contributed by atoms with Gasteiger partial charge in [-0.2, -0.15) is 0 Å². The molecule has 6 heteroatoms. The van der Waals surface area contributed by atoms with Gasteiger partial charge in [0.05, 0.1) is 39.7 Å². The van der Waals surface area contributed by atoms with Crippen molar-refractivity contribution in [3.8, 4) is 56.4 Å². The predicted molar refractivity (Wildman–Crippen MR) is 165 cm³/mol. The summed E-state index contributed by atoms with van der Waals surface area (Å²) in [6, 6.07) is 29.4. The van der Waals surface area contributed by atoms with Crippen molar-refractivity contribution in [3.63, 3.8) is 0 Å². The van der Waals surface area contributed by atoms with E-state index in [1.165, 1.54) is 5.56 Å². The first-order valence-electron chi connectivity index (χ1n) is 13.4. The molecule has 1 unspecified atom stereocenters. The summed E-state index contributed by atoms with van der Waals surface area (Å²) in [6.07, 6.45) is -0.394. The van der Waals surface area contributed by atoms with Crippen LogP contribution in [0.1, 0.15) is 11.8 Å². The molecule has 0 N–H and O–H groups in total. The Morgan fingerprint density at radius 3 is 1.83 bits per heavy atom. The van der Waals surface area contributed by atoms with E-state index in [1.807, 2.05) is 19.2 Å². The molecule has 1 aliphatic rings. The number of fused-ring (bicyclic) bond motifs is 5. The van der Waals surface area contributed by atoms with Crippen LogP contribution in [0, 0.1) is 0 Å². The summed E-state index contributed by atoms with van der Waals surface area (Å²) in [6.45, 7) is 0. The first-order chi connectivity index (χ1) is 20.1. The minimum absolute atomic E-state index is 0.394. The largest absolute Gasteiger partial charge is 0.493 e. The van der Waals surface area contributed by atoms with Gasteiger partial charge in [-0.1, -0.05) is 66.7 Å². The quantitative estimate of drug-likeness (QED) is 0.206. The van der Waals surface area contributed by atoms with Crippen LogP contribution in [0.4, 0.5) is 5.69 Å². The molecule has 5 aromatic carbocycles. The predicted octanol–water partition coefficient (Wildman–Crippen LogP) is 7.97. The second-order valence-corrected chi connectivity index (χ2v) is 9.95. The maximum atomic E-state index is 6.08. The van der Waals surface area contributed by atoms with Crippen molar-refractivity contribution in [2.24, 2.45) is 0 Å². The molecule has 6 rings (SSSR count). The summed E-state index contributed by atoms with van der Waals surface area (Å²) in [4.78, 5) is 2.15. The zero-order valence-electron chi connectivity index (χ0n) is 24.1. The molecule has 0 radical (unpaired) electrons. The van der Waals surface area contributed by atoms with Gasteiger partial charge in [-0.05, 0) is 45.8 Å². The Hall–Kier alpha value is -4.68. The van der Waals surface area contributed by atoms with Crippen molar-refractivity contribution in [2.45, 2.75) is 6.23 Å². The summed E-state index contributed by atoms with van der Waals surface area (Å²) < 4.78 is 29.4. The van der Waals surface area contributed by atoms with Gasteiger partial charge in [0.1, 0.15) is 0 Å². The van der Waals surface area contributed by atoms with Crippen LogP contribution in [0.25, 0.3) is 44.2 Å². The smallest absolute Gasteiger partial charge is 0.169 e. The Labute approximate surface area is 240 Å². The highest BCUT2D eigenvalue weighted by molar-refractivity contribution is 6.12. The number of hydrogen-bond donors (Lipinski definition) is 0. The molecule has 0 fully saturated rings. The lowest BCUT2D eigenvalue weighted by Gasteiger charge is -2.38. The van der Waals surface area contributed by atoms with Crippen molar-refractivity contribution in [2.75, 3.05) is 47.5 Å². The normalized spacial score (nSPS) is 13.9. The van der Waals surface area contributed by atoms with Gasteiger partial charge >= 0.3 is 0 Å². The number of nitrogens with zero attached hydrogens (tertiary/aromatic N) is 1. The Kier molecular flexibility index (Phi) is 6.93. The third kappa shape index (κ3) is 4.14. The average Bonchev–Trinajstić information content (AvgIpc) is 3.03. The molecule has 0 aliphatic carbocycles. The Bertz CT molecular complexity index is 1730. The molecule has 1 aliphatic heterocycles. The van der Waals surface area contributed by atoms with Crippen LogP contribution in [0.3, 0.4) is 0 Å². The second-order valence-electron chi connectivity index (χ2n) is 9.95. The van der Waals surface area contributed by atoms with Crippen LogP contribution in [0.2, 0.25) is 0 Å². The van der Waals surface area contributed by atoms with E-state index in [-0.39, 0.29) is 0 Å². The lowest BCUT2D eigenvalue weighted by molar-refractivity contribution is 0.101. The van der Waals surface area contributed by atoms with Crippen molar-refractivity contribution < 1.29 is 23.7 Å². The number of methoxy groups -OCH3 is 5. The lowest BCUT2D eigenvalue weighted by Crippen LogP contribution is -2.30. The van der Waals surface area contributed by atoms with E-state index < -0.39 is 6.23 Å². The van der Waals surface area contributed by atoms with Crippen molar-refractivity contribution in [1.29, 1.82) is 0 Å². The second kappa shape index (κ2) is 10.7. The molecule has 208 valence electrons. The van der Waals surface area contributed by atoms with E-state index in [2.05, 4.69) is 77.7 Å². The fraction of sp³-hybridized carbons (Fsp3) is 0.200. The molecule has 0 aromatic heterocycles. The van der Waals surface area contributed by atoms with Crippen LogP contribution in [-0.4, -0.2) is 42.6 Å². The van der Waals surface area contributed by atoms with E-state index in [0.717, 1.165) is 49.8 Å². The molecule has 1 atom stereocenters. The van der Waals surface area contributed by atoms with Crippen molar-refractivity contribution >= 4 is 16.5 Å². The first-order valence-corrected chi connectivity index (χ1v) is 13.4. The van der Waals surface area contributed by atoms with Gasteiger partial charge in [-0.25, -0.2) is 0 Å². The molecule has 0 amide bonds. The van der Waals surface area contributed by atoms with Gasteiger partial charge in [-0.3, -0.25) is 0 Å². The van der Waals surface area contributed by atoms with E-state index in [0.29, 0.717) is 23.0 Å². The number of anilines is 1. The standard InChI is InChI=1S/C35H33NO5/c1-36-32-26(24-18-19-28(37-2)33(39-4)31(24)35(36)41-6)17-16-25-27(32)20-29(38-3)34(40-5)30(25)23-14-12-22(13-15-23)21-10-8-7-9-11-21/h7-20,35H,1-6H3. The SMILES string of the molecule is COc1ccc2c(c1OC)C(OC)N(C)c1c-2ccc2c(-c3ccc(-c4ccccc4)cc3)c(OC)c(OC)cc12. The number of hydrogen-bond acceptors (Lipinski definition) is 6. The Morgan fingerprint density at radius 2 is 1.20 bits per heavy atom. The first kappa shape index (κ1) is 26.5. The molecule has 0 spiro atoms. The van der Waals surface area contributed by atoms with E-state index in [1.54, 1.807) is 35.5 Å². The average molecular weight is 548 g/mol. The van der Waals surface area contributed by atoms with Gasteiger partial charge in [0, 0.05) is 30.7 Å². The maximum Gasteiger partial charge on any atom is 0.169 e. The van der Waals surface area contributed by atoms with Gasteiger partial charge in [0.2, 0.25) is 0 Å². The van der Waals surface area contributed by atoms with E-state index >= 15 is 0 Å². The summed E-state index contributed by atoms with van der Waals surface area (Å²) in [5.41, 5.74) is 8.42.